The number of aliphatic hydroxyl groups is 3. The van der Waals surface area contributed by atoms with Crippen LogP contribution < -0.4 is 0 Å². The summed E-state index contributed by atoms with van der Waals surface area (Å²) < 4.78 is 9.92. The minimum atomic E-state index is -1.46. The highest BCUT2D eigenvalue weighted by Gasteiger charge is 2.52. The largest absolute Gasteiger partial charge is 0.391 e. The van der Waals surface area contributed by atoms with E-state index in [1.54, 1.807) is 6.92 Å². The zero-order chi connectivity index (χ0) is 9.35. The number of hydrogen-bond acceptors (Lipinski definition) is 5. The molecule has 1 rings (SSSR count). The molecule has 1 heterocycles. The van der Waals surface area contributed by atoms with Crippen LogP contribution in [0.3, 0.4) is 0 Å². The van der Waals surface area contributed by atoms with E-state index in [0.29, 0.717) is 0 Å². The van der Waals surface area contributed by atoms with Gasteiger partial charge in [-0.15, -0.1) is 0 Å². The van der Waals surface area contributed by atoms with Crippen molar-refractivity contribution in [1.82, 2.24) is 0 Å². The first-order valence-corrected chi connectivity index (χ1v) is 3.77. The van der Waals surface area contributed by atoms with Crippen LogP contribution in [-0.2, 0) is 9.47 Å². The summed E-state index contributed by atoms with van der Waals surface area (Å²) in [4.78, 5) is 0. The molecule has 1 aliphatic heterocycles. The molecule has 0 bridgehead atoms. The molecule has 72 valence electrons. The van der Waals surface area contributed by atoms with Crippen LogP contribution in [0.2, 0.25) is 0 Å². The highest BCUT2D eigenvalue weighted by molar-refractivity contribution is 4.94. The second-order valence-corrected chi connectivity index (χ2v) is 2.93. The maximum atomic E-state index is 9.42. The minimum absolute atomic E-state index is 0.480. The monoisotopic (exact) mass is 178 g/mol. The number of methoxy groups -OCH3 is 1. The van der Waals surface area contributed by atoms with Crippen LogP contribution in [0.4, 0.5) is 0 Å². The maximum Gasteiger partial charge on any atom is 0.221 e. The summed E-state index contributed by atoms with van der Waals surface area (Å²) in [6, 6.07) is 0. The average molecular weight is 178 g/mol. The Morgan fingerprint density at radius 1 is 1.50 bits per heavy atom. The van der Waals surface area contributed by atoms with Gasteiger partial charge in [-0.25, -0.2) is 0 Å². The van der Waals surface area contributed by atoms with Gasteiger partial charge >= 0.3 is 0 Å². The van der Waals surface area contributed by atoms with E-state index >= 15 is 0 Å². The summed E-state index contributed by atoms with van der Waals surface area (Å²) in [6.45, 7) is 1.12. The molecule has 0 aliphatic carbocycles. The van der Waals surface area contributed by atoms with Gasteiger partial charge in [0.05, 0.1) is 6.10 Å². The van der Waals surface area contributed by atoms with Crippen LogP contribution >= 0.6 is 0 Å². The number of rotatable bonds is 2. The van der Waals surface area contributed by atoms with Crippen molar-refractivity contribution in [2.24, 2.45) is 0 Å². The normalized spacial score (nSPS) is 48.2. The average Bonchev–Trinajstić information content (AvgIpc) is 2.30. The molecule has 3 N–H and O–H groups in total. The van der Waals surface area contributed by atoms with E-state index in [2.05, 4.69) is 0 Å². The van der Waals surface area contributed by atoms with Gasteiger partial charge in [-0.05, 0) is 6.92 Å². The summed E-state index contributed by atoms with van der Waals surface area (Å²) >= 11 is 0. The lowest BCUT2D eigenvalue weighted by Gasteiger charge is -2.27. The smallest absolute Gasteiger partial charge is 0.221 e. The van der Waals surface area contributed by atoms with E-state index in [4.69, 9.17) is 14.6 Å². The number of ether oxygens (including phenoxy) is 2. The zero-order valence-corrected chi connectivity index (χ0v) is 7.10. The molecule has 0 radical (unpaired) electrons. The first kappa shape index (κ1) is 9.88. The Morgan fingerprint density at radius 3 is 2.25 bits per heavy atom. The van der Waals surface area contributed by atoms with Gasteiger partial charge in [0.1, 0.15) is 18.8 Å². The maximum absolute atomic E-state index is 9.42. The van der Waals surface area contributed by atoms with Gasteiger partial charge < -0.3 is 24.8 Å². The Hall–Kier alpha value is -0.200. The highest BCUT2D eigenvalue weighted by atomic mass is 16.7. The van der Waals surface area contributed by atoms with Crippen LogP contribution in [0.15, 0.2) is 0 Å². The first-order valence-electron chi connectivity index (χ1n) is 3.77. The number of hydrogen-bond donors (Lipinski definition) is 3. The third-order valence-corrected chi connectivity index (χ3v) is 2.21. The van der Waals surface area contributed by atoms with Gasteiger partial charge in [0.25, 0.3) is 0 Å². The quantitative estimate of drug-likeness (QED) is 0.477. The molecule has 4 atom stereocenters. The van der Waals surface area contributed by atoms with Crippen molar-refractivity contribution in [3.05, 3.63) is 0 Å². The fourth-order valence-corrected chi connectivity index (χ4v) is 1.34. The second kappa shape index (κ2) is 3.27. The molecule has 5 heteroatoms. The van der Waals surface area contributed by atoms with Crippen LogP contribution in [0.5, 0.6) is 0 Å². The molecule has 12 heavy (non-hydrogen) atoms. The molecule has 4 unspecified atom stereocenters. The fraction of sp³-hybridized carbons (Fsp3) is 1.00. The lowest BCUT2D eigenvalue weighted by Crippen LogP contribution is -2.47. The molecule has 5 nitrogen and oxygen atoms in total. The molecule has 1 saturated heterocycles. The summed E-state index contributed by atoms with van der Waals surface area (Å²) in [5.41, 5.74) is 0. The third kappa shape index (κ3) is 1.23. The summed E-state index contributed by atoms with van der Waals surface area (Å²) in [6.07, 6.45) is -2.76. The van der Waals surface area contributed by atoms with Crippen LogP contribution in [0.25, 0.3) is 0 Å². The molecule has 0 amide bonds. The fourth-order valence-electron chi connectivity index (χ4n) is 1.34. The minimum Gasteiger partial charge on any atom is -0.391 e. The Balaban J connectivity index is 2.79. The Morgan fingerprint density at radius 2 is 2.08 bits per heavy atom. The van der Waals surface area contributed by atoms with E-state index in [1.807, 2.05) is 0 Å². The van der Waals surface area contributed by atoms with Gasteiger partial charge in [0.2, 0.25) is 5.79 Å². The van der Waals surface area contributed by atoms with Crippen molar-refractivity contribution in [2.75, 3.05) is 13.7 Å². The topological polar surface area (TPSA) is 79.2 Å². The molecular weight excluding hydrogens is 164 g/mol. The van der Waals surface area contributed by atoms with Crippen LogP contribution in [0.1, 0.15) is 6.92 Å². The summed E-state index contributed by atoms with van der Waals surface area (Å²) in [5.74, 6) is -1.46. The first-order chi connectivity index (χ1) is 5.57. The van der Waals surface area contributed by atoms with Crippen molar-refractivity contribution < 1.29 is 24.8 Å². The van der Waals surface area contributed by atoms with Gasteiger partial charge in [-0.3, -0.25) is 0 Å². The Labute approximate surface area is 70.5 Å². The van der Waals surface area contributed by atoms with Crippen LogP contribution in [0, 0.1) is 0 Å². The molecule has 1 aliphatic rings. The van der Waals surface area contributed by atoms with Gasteiger partial charge in [-0.2, -0.15) is 0 Å². The van der Waals surface area contributed by atoms with Crippen LogP contribution in [-0.4, -0.2) is 53.1 Å². The molecule has 0 aromatic carbocycles. The standard InChI is InChI=1S/C7H14O5/c1-4-5(9)6(10)7(3-8,11-2)12-4/h4-6,8-10H,3H2,1-2H3. The predicted octanol–water partition coefficient (Wildman–Crippen LogP) is -1.54. The second-order valence-electron chi connectivity index (χ2n) is 2.93. The summed E-state index contributed by atoms with van der Waals surface area (Å²) in [7, 11) is 1.31. The number of aliphatic hydroxyl groups excluding tert-OH is 3. The highest BCUT2D eigenvalue weighted by Crippen LogP contribution is 2.31. The Kier molecular flexibility index (Phi) is 2.70. The molecule has 1 fully saturated rings. The van der Waals surface area contributed by atoms with Gasteiger partial charge in [0, 0.05) is 7.11 Å². The molecule has 0 saturated carbocycles. The van der Waals surface area contributed by atoms with E-state index in [0.717, 1.165) is 0 Å². The van der Waals surface area contributed by atoms with E-state index < -0.39 is 30.7 Å². The van der Waals surface area contributed by atoms with E-state index in [1.165, 1.54) is 7.11 Å². The van der Waals surface area contributed by atoms with E-state index in [-0.39, 0.29) is 0 Å². The van der Waals surface area contributed by atoms with Crippen molar-refractivity contribution in [2.45, 2.75) is 31.0 Å². The van der Waals surface area contributed by atoms with Crippen molar-refractivity contribution in [3.8, 4) is 0 Å². The SMILES string of the molecule is COC1(CO)OC(C)C(O)C1O. The van der Waals surface area contributed by atoms with Crippen molar-refractivity contribution >= 4 is 0 Å². The summed E-state index contributed by atoms with van der Waals surface area (Å²) in [5, 5.41) is 27.6. The lowest BCUT2D eigenvalue weighted by atomic mass is 10.1. The molecular formula is C7H14O5. The van der Waals surface area contributed by atoms with Gasteiger partial charge in [0.15, 0.2) is 0 Å². The molecule has 0 aromatic rings. The zero-order valence-electron chi connectivity index (χ0n) is 7.10. The van der Waals surface area contributed by atoms with Crippen molar-refractivity contribution in [3.63, 3.8) is 0 Å². The lowest BCUT2D eigenvalue weighted by molar-refractivity contribution is -0.259. The third-order valence-electron chi connectivity index (χ3n) is 2.21. The van der Waals surface area contributed by atoms with Gasteiger partial charge in [-0.1, -0.05) is 0 Å². The molecule has 0 aromatic heterocycles. The van der Waals surface area contributed by atoms with E-state index in [9.17, 15) is 10.2 Å². The predicted molar refractivity (Wildman–Crippen MR) is 39.4 cm³/mol. The Bertz CT molecular complexity index is 156. The van der Waals surface area contributed by atoms with Crippen molar-refractivity contribution in [1.29, 1.82) is 0 Å². The molecule has 0 spiro atoms.